The zero-order chi connectivity index (χ0) is 20.9. The first-order chi connectivity index (χ1) is 13.9. The lowest BCUT2D eigenvalue weighted by Gasteiger charge is -2.25. The summed E-state index contributed by atoms with van der Waals surface area (Å²) in [4.78, 5) is 14.5. The number of hydrogen-bond acceptors (Lipinski definition) is 7. The van der Waals surface area contributed by atoms with Gasteiger partial charge in [-0.25, -0.2) is 0 Å². The molecule has 1 saturated heterocycles. The van der Waals surface area contributed by atoms with Crippen LogP contribution in [0.5, 0.6) is 11.5 Å². The van der Waals surface area contributed by atoms with Gasteiger partial charge in [-0.05, 0) is 49.6 Å². The highest BCUT2D eigenvalue weighted by atomic mass is 32.2. The molecule has 1 unspecified atom stereocenters. The topological polar surface area (TPSA) is 95.3 Å². The maximum Gasteiger partial charge on any atom is 0.309 e. The highest BCUT2D eigenvalue weighted by molar-refractivity contribution is 7.87. The van der Waals surface area contributed by atoms with Crippen molar-refractivity contribution >= 4 is 16.0 Å². The van der Waals surface area contributed by atoms with Gasteiger partial charge in [0.1, 0.15) is 0 Å². The summed E-state index contributed by atoms with van der Waals surface area (Å²) in [6.07, 6.45) is 3.26. The molecule has 0 aliphatic carbocycles. The second-order valence-electron chi connectivity index (χ2n) is 6.71. The molecule has 1 aliphatic rings. The predicted octanol–water partition coefficient (Wildman–Crippen LogP) is 2.84. The fourth-order valence-corrected chi connectivity index (χ4v) is 3.63. The third kappa shape index (κ3) is 5.51. The van der Waals surface area contributed by atoms with E-state index in [-0.39, 0.29) is 35.8 Å². The highest BCUT2D eigenvalue weighted by Gasteiger charge is 2.25. The van der Waals surface area contributed by atoms with Crippen LogP contribution >= 0.6 is 0 Å². The van der Waals surface area contributed by atoms with Crippen molar-refractivity contribution in [3.63, 3.8) is 0 Å². The van der Waals surface area contributed by atoms with E-state index in [1.54, 1.807) is 35.2 Å². The Bertz CT molecular complexity index is 918. The molecule has 2 aromatic rings. The van der Waals surface area contributed by atoms with Gasteiger partial charge < -0.3 is 23.0 Å². The minimum absolute atomic E-state index is 0.0386. The molecule has 0 bridgehead atoms. The van der Waals surface area contributed by atoms with Crippen LogP contribution in [0.25, 0.3) is 0 Å². The van der Waals surface area contributed by atoms with Crippen molar-refractivity contribution in [3.05, 3.63) is 47.9 Å². The quantitative estimate of drug-likeness (QED) is 0.572. The van der Waals surface area contributed by atoms with Crippen molar-refractivity contribution in [2.75, 3.05) is 26.0 Å². The number of hydrogen-bond donors (Lipinski definition) is 0. The smallest absolute Gasteiger partial charge is 0.309 e. The summed E-state index contributed by atoms with van der Waals surface area (Å²) in [5, 5.41) is 0. The molecule has 2 heterocycles. The normalized spacial score (nSPS) is 16.6. The lowest BCUT2D eigenvalue weighted by molar-refractivity contribution is 0.0484. The summed E-state index contributed by atoms with van der Waals surface area (Å²) >= 11 is 0. The standard InChI is InChI=1S/C20H25NO7S/c1-3-29(23,24)28-19-12-15(8-9-17(19)25-2)13-21(14-16-6-4-10-26-16)20(22)18-7-5-11-27-18/h5,7-9,11-12,16H,3-4,6,10,13-14H2,1-2H3. The third-order valence-corrected chi connectivity index (χ3v) is 5.78. The van der Waals surface area contributed by atoms with Crippen LogP contribution in [0.3, 0.4) is 0 Å². The largest absolute Gasteiger partial charge is 0.493 e. The molecule has 3 rings (SSSR count). The molecule has 1 atom stereocenters. The van der Waals surface area contributed by atoms with E-state index < -0.39 is 10.1 Å². The number of carbonyl (C=O) groups is 1. The zero-order valence-corrected chi connectivity index (χ0v) is 17.3. The van der Waals surface area contributed by atoms with Crippen molar-refractivity contribution < 1.29 is 31.3 Å². The van der Waals surface area contributed by atoms with Gasteiger partial charge >= 0.3 is 10.1 Å². The molecular weight excluding hydrogens is 398 g/mol. The Morgan fingerprint density at radius 3 is 2.72 bits per heavy atom. The van der Waals surface area contributed by atoms with Crippen molar-refractivity contribution in [1.29, 1.82) is 0 Å². The zero-order valence-electron chi connectivity index (χ0n) is 16.5. The molecule has 8 nitrogen and oxygen atoms in total. The summed E-state index contributed by atoms with van der Waals surface area (Å²) in [6, 6.07) is 8.23. The van der Waals surface area contributed by atoms with Gasteiger partial charge in [0.05, 0.1) is 25.2 Å². The average Bonchev–Trinajstić information content (AvgIpc) is 3.41. The molecule has 0 saturated carbocycles. The lowest BCUT2D eigenvalue weighted by Crippen LogP contribution is -2.36. The van der Waals surface area contributed by atoms with E-state index in [0.29, 0.717) is 24.5 Å². The maximum atomic E-state index is 12.9. The van der Waals surface area contributed by atoms with Gasteiger partial charge in [0.15, 0.2) is 17.3 Å². The van der Waals surface area contributed by atoms with Gasteiger partial charge in [-0.1, -0.05) is 6.07 Å². The van der Waals surface area contributed by atoms with Crippen LogP contribution in [-0.4, -0.2) is 51.3 Å². The third-order valence-electron chi connectivity index (χ3n) is 4.64. The SMILES string of the molecule is CCS(=O)(=O)Oc1cc(CN(CC2CCCO2)C(=O)c2ccco2)ccc1OC. The van der Waals surface area contributed by atoms with E-state index in [2.05, 4.69) is 0 Å². The van der Waals surface area contributed by atoms with Crippen LogP contribution in [0.2, 0.25) is 0 Å². The highest BCUT2D eigenvalue weighted by Crippen LogP contribution is 2.30. The number of furan rings is 1. The predicted molar refractivity (Wildman–Crippen MR) is 106 cm³/mol. The number of benzene rings is 1. The van der Waals surface area contributed by atoms with Crippen LogP contribution in [0.1, 0.15) is 35.9 Å². The molecule has 1 aromatic heterocycles. The molecule has 1 aromatic carbocycles. The Morgan fingerprint density at radius 2 is 2.10 bits per heavy atom. The second kappa shape index (κ2) is 9.32. The number of nitrogens with zero attached hydrogens (tertiary/aromatic N) is 1. The molecule has 9 heteroatoms. The van der Waals surface area contributed by atoms with E-state index in [9.17, 15) is 13.2 Å². The molecule has 1 aliphatic heterocycles. The van der Waals surface area contributed by atoms with Crippen LogP contribution in [0, 0.1) is 0 Å². The summed E-state index contributed by atoms with van der Waals surface area (Å²) in [5.41, 5.74) is 0.699. The Hall–Kier alpha value is -2.52. The van der Waals surface area contributed by atoms with Gasteiger partial charge in [-0.15, -0.1) is 0 Å². The summed E-state index contributed by atoms with van der Waals surface area (Å²) in [6.45, 7) is 2.83. The number of carbonyl (C=O) groups excluding carboxylic acids is 1. The molecule has 1 amide bonds. The van der Waals surface area contributed by atoms with Crippen molar-refractivity contribution in [1.82, 2.24) is 4.90 Å². The van der Waals surface area contributed by atoms with Gasteiger partial charge in [-0.3, -0.25) is 4.79 Å². The van der Waals surface area contributed by atoms with Crippen molar-refractivity contribution in [2.24, 2.45) is 0 Å². The Balaban J connectivity index is 1.84. The number of amides is 1. The average molecular weight is 423 g/mol. The van der Waals surface area contributed by atoms with Crippen LogP contribution in [0.15, 0.2) is 41.0 Å². The summed E-state index contributed by atoms with van der Waals surface area (Å²) < 4.78 is 45.1. The Kier molecular flexibility index (Phi) is 6.81. The first-order valence-corrected chi connectivity index (χ1v) is 11.0. The molecule has 0 spiro atoms. The minimum Gasteiger partial charge on any atom is -0.493 e. The second-order valence-corrected chi connectivity index (χ2v) is 8.57. The lowest BCUT2D eigenvalue weighted by atomic mass is 10.1. The summed E-state index contributed by atoms with van der Waals surface area (Å²) in [7, 11) is -2.28. The van der Waals surface area contributed by atoms with Crippen LogP contribution < -0.4 is 8.92 Å². The van der Waals surface area contributed by atoms with Crippen molar-refractivity contribution in [2.45, 2.75) is 32.4 Å². The molecule has 29 heavy (non-hydrogen) atoms. The van der Waals surface area contributed by atoms with Gasteiger partial charge in [-0.2, -0.15) is 8.42 Å². The Labute approximate surface area is 170 Å². The Morgan fingerprint density at radius 1 is 1.28 bits per heavy atom. The van der Waals surface area contributed by atoms with E-state index in [4.69, 9.17) is 18.1 Å². The molecule has 0 N–H and O–H groups in total. The van der Waals surface area contributed by atoms with Crippen LogP contribution in [0.4, 0.5) is 0 Å². The molecule has 1 fully saturated rings. The monoisotopic (exact) mass is 423 g/mol. The first kappa shape index (κ1) is 21.2. The van der Waals surface area contributed by atoms with E-state index in [0.717, 1.165) is 12.8 Å². The van der Waals surface area contributed by atoms with E-state index >= 15 is 0 Å². The molecular formula is C20H25NO7S. The number of ether oxygens (including phenoxy) is 2. The van der Waals surface area contributed by atoms with Gasteiger partial charge in [0.25, 0.3) is 5.91 Å². The number of rotatable bonds is 9. The van der Waals surface area contributed by atoms with Crippen LogP contribution in [-0.2, 0) is 21.4 Å². The minimum atomic E-state index is -3.72. The number of methoxy groups -OCH3 is 1. The van der Waals surface area contributed by atoms with Crippen molar-refractivity contribution in [3.8, 4) is 11.5 Å². The fourth-order valence-electron chi connectivity index (χ4n) is 3.11. The van der Waals surface area contributed by atoms with E-state index in [1.165, 1.54) is 20.3 Å². The summed E-state index contributed by atoms with van der Waals surface area (Å²) in [5.74, 6) is 0.206. The van der Waals surface area contributed by atoms with Gasteiger partial charge in [0.2, 0.25) is 0 Å². The first-order valence-electron chi connectivity index (χ1n) is 9.45. The molecule has 0 radical (unpaired) electrons. The van der Waals surface area contributed by atoms with E-state index in [1.807, 2.05) is 0 Å². The molecule has 158 valence electrons. The fraction of sp³-hybridized carbons (Fsp3) is 0.450. The van der Waals surface area contributed by atoms with Gasteiger partial charge in [0, 0.05) is 19.7 Å². The maximum absolute atomic E-state index is 12.9.